The molecule has 1 N–H and O–H groups in total. The van der Waals surface area contributed by atoms with E-state index in [1.807, 2.05) is 85.2 Å². The molecule has 0 aromatic heterocycles. The van der Waals surface area contributed by atoms with Crippen LogP contribution in [0.25, 0.3) is 0 Å². The van der Waals surface area contributed by atoms with Gasteiger partial charge in [-0.2, -0.15) is 0 Å². The van der Waals surface area contributed by atoms with Crippen molar-refractivity contribution in [1.29, 1.82) is 0 Å². The number of fused-ring (bicyclic) bond motifs is 1. The van der Waals surface area contributed by atoms with Gasteiger partial charge in [-0.25, -0.2) is 9.79 Å². The molecule has 1 saturated heterocycles. The third-order valence-electron chi connectivity index (χ3n) is 5.95. The molecule has 33 heavy (non-hydrogen) atoms. The summed E-state index contributed by atoms with van der Waals surface area (Å²) < 4.78 is 10.5. The number of methoxy groups -OCH3 is 2. The van der Waals surface area contributed by atoms with Gasteiger partial charge in [0, 0.05) is 11.7 Å². The number of ether oxygens (including phenoxy) is 2. The number of aliphatic hydroxyl groups is 1. The lowest BCUT2D eigenvalue weighted by Crippen LogP contribution is -2.64. The van der Waals surface area contributed by atoms with Crippen molar-refractivity contribution >= 4 is 28.6 Å². The molecule has 174 valence electrons. The Morgan fingerprint density at radius 1 is 1.18 bits per heavy atom. The van der Waals surface area contributed by atoms with Gasteiger partial charge in [-0.05, 0) is 50.6 Å². The summed E-state index contributed by atoms with van der Waals surface area (Å²) in [7, 11) is 2.97. The summed E-state index contributed by atoms with van der Waals surface area (Å²) in [4.78, 5) is 21.5. The minimum absolute atomic E-state index is 0.0255. The first-order valence-electron chi connectivity index (χ1n) is 10.8. The Bertz CT molecular complexity index is 1080. The number of benzene rings is 2. The maximum atomic E-state index is 13.0. The fourth-order valence-corrected chi connectivity index (χ4v) is 5.74. The Morgan fingerprint density at radius 2 is 1.85 bits per heavy atom. The number of aliphatic imine (C=N–C) groups is 1. The topological polar surface area (TPSA) is 74.6 Å². The Balaban J connectivity index is 1.90. The molecule has 0 amide bonds. The molecule has 0 spiro atoms. The number of nitrogens with zero attached hydrogens (tertiary/aromatic N) is 3. The maximum absolute atomic E-state index is 13.0. The monoisotopic (exact) mass is 467 g/mol. The van der Waals surface area contributed by atoms with Crippen LogP contribution >= 0.6 is 11.8 Å². The minimum Gasteiger partial charge on any atom is -0.497 e. The molecule has 7 nitrogen and oxygen atoms in total. The van der Waals surface area contributed by atoms with E-state index in [2.05, 4.69) is 0 Å². The fourth-order valence-electron chi connectivity index (χ4n) is 4.55. The van der Waals surface area contributed by atoms with E-state index in [0.29, 0.717) is 27.9 Å². The van der Waals surface area contributed by atoms with Gasteiger partial charge in [0.25, 0.3) is 0 Å². The van der Waals surface area contributed by atoms with Gasteiger partial charge in [0.2, 0.25) is 5.85 Å². The molecule has 2 atom stereocenters. The first kappa shape index (κ1) is 23.2. The van der Waals surface area contributed by atoms with E-state index >= 15 is 0 Å². The van der Waals surface area contributed by atoms with Gasteiger partial charge >= 0.3 is 5.97 Å². The van der Waals surface area contributed by atoms with Crippen LogP contribution in [0.1, 0.15) is 32.4 Å². The van der Waals surface area contributed by atoms with Crippen molar-refractivity contribution in [3.63, 3.8) is 0 Å². The number of rotatable bonds is 6. The number of thioether (sulfide) groups is 1. The van der Waals surface area contributed by atoms with Crippen LogP contribution in [0.4, 0.5) is 5.69 Å². The van der Waals surface area contributed by atoms with Crippen molar-refractivity contribution in [2.75, 3.05) is 24.9 Å². The number of hydrogen-bond acceptors (Lipinski definition) is 8. The average Bonchev–Trinajstić information content (AvgIpc) is 3.14. The van der Waals surface area contributed by atoms with Gasteiger partial charge in [0.05, 0.1) is 37.3 Å². The van der Waals surface area contributed by atoms with E-state index in [1.54, 1.807) is 7.11 Å². The number of carbonyl (C=O) groups excluding carboxylic acids is 1. The molecule has 1 fully saturated rings. The van der Waals surface area contributed by atoms with Gasteiger partial charge < -0.3 is 19.5 Å². The molecule has 0 radical (unpaired) electrons. The minimum atomic E-state index is -1.43. The number of anilines is 1. The number of hydrogen-bond donors (Lipinski definition) is 1. The molecule has 0 saturated carbocycles. The molecular weight excluding hydrogens is 438 g/mol. The molecular formula is C25H29N3O4S. The Kier molecular flexibility index (Phi) is 6.41. The molecule has 0 bridgehead atoms. The quantitative estimate of drug-likeness (QED) is 0.505. The Hall–Kier alpha value is -2.97. The van der Waals surface area contributed by atoms with Crippen LogP contribution in [0.15, 0.2) is 70.9 Å². The summed E-state index contributed by atoms with van der Waals surface area (Å²) >= 11 is 1.48. The predicted octanol–water partition coefficient (Wildman–Crippen LogP) is 4.16. The highest BCUT2D eigenvalue weighted by atomic mass is 32.2. The highest BCUT2D eigenvalue weighted by molar-refractivity contribution is 8.14. The zero-order valence-corrected chi connectivity index (χ0v) is 20.3. The summed E-state index contributed by atoms with van der Waals surface area (Å²) in [6.07, 6.45) is 0. The van der Waals surface area contributed by atoms with Gasteiger partial charge in [-0.1, -0.05) is 42.1 Å². The molecule has 2 aliphatic heterocycles. The van der Waals surface area contributed by atoms with Gasteiger partial charge in [-0.15, -0.1) is 0 Å². The normalized spacial score (nSPS) is 22.2. The van der Waals surface area contributed by atoms with E-state index in [1.165, 1.54) is 18.9 Å². The highest BCUT2D eigenvalue weighted by Gasteiger charge is 2.55. The van der Waals surface area contributed by atoms with Crippen molar-refractivity contribution in [2.24, 2.45) is 4.99 Å². The molecule has 0 unspecified atom stereocenters. The van der Waals surface area contributed by atoms with Gasteiger partial charge in [0.15, 0.2) is 5.17 Å². The molecule has 0 aliphatic carbocycles. The van der Waals surface area contributed by atoms with Crippen LogP contribution in [-0.2, 0) is 9.53 Å². The molecule has 2 aromatic carbocycles. The van der Waals surface area contributed by atoms with Crippen molar-refractivity contribution in [2.45, 2.75) is 38.7 Å². The van der Waals surface area contributed by atoms with Crippen LogP contribution in [0.2, 0.25) is 0 Å². The van der Waals surface area contributed by atoms with E-state index in [4.69, 9.17) is 14.5 Å². The third-order valence-corrected chi connectivity index (χ3v) is 7.02. The molecule has 2 heterocycles. The van der Waals surface area contributed by atoms with Crippen LogP contribution in [0.5, 0.6) is 5.75 Å². The summed E-state index contributed by atoms with van der Waals surface area (Å²) in [6.45, 7) is 5.89. The summed E-state index contributed by atoms with van der Waals surface area (Å²) in [5, 5.41) is 13.0. The summed E-state index contributed by atoms with van der Waals surface area (Å²) in [5.74, 6) is -0.814. The van der Waals surface area contributed by atoms with E-state index in [0.717, 1.165) is 11.3 Å². The van der Waals surface area contributed by atoms with Crippen molar-refractivity contribution < 1.29 is 19.4 Å². The second-order valence-corrected chi connectivity index (χ2v) is 9.24. The molecule has 2 aromatic rings. The summed E-state index contributed by atoms with van der Waals surface area (Å²) in [6, 6.07) is 16.7. The molecule has 8 heteroatoms. The van der Waals surface area contributed by atoms with Crippen LogP contribution < -0.4 is 9.64 Å². The van der Waals surface area contributed by atoms with Crippen molar-refractivity contribution in [1.82, 2.24) is 4.90 Å². The Morgan fingerprint density at radius 3 is 2.42 bits per heavy atom. The zero-order chi connectivity index (χ0) is 23.8. The second kappa shape index (κ2) is 9.11. The van der Waals surface area contributed by atoms with E-state index in [9.17, 15) is 9.90 Å². The number of amidine groups is 1. The van der Waals surface area contributed by atoms with E-state index < -0.39 is 17.9 Å². The second-order valence-electron chi connectivity index (χ2n) is 8.29. The number of carbonyl (C=O) groups is 1. The first-order chi connectivity index (χ1) is 15.8. The largest absolute Gasteiger partial charge is 0.497 e. The predicted molar refractivity (Wildman–Crippen MR) is 131 cm³/mol. The number of para-hydroxylation sites is 1. The Labute approximate surface area is 198 Å². The number of esters is 1. The fraction of sp³-hybridized carbons (Fsp3) is 0.360. The highest BCUT2D eigenvalue weighted by Crippen LogP contribution is 2.48. The van der Waals surface area contributed by atoms with Crippen LogP contribution in [0.3, 0.4) is 0 Å². The number of allylic oxidation sites excluding steroid dienone is 1. The molecule has 4 rings (SSSR count). The standard InChI is InChI=1S/C25H29N3O4S/c1-16(2)27(19-9-7-6-8-10-19)25(30)15-33-24-26-17(3)21(23(29)32-5)22(28(24)25)18-11-13-20(31-4)14-12-18/h6-14,16,22,30H,15H2,1-5H3/t22-,25+/m0/s1. The van der Waals surface area contributed by atoms with Crippen molar-refractivity contribution in [3.05, 3.63) is 71.4 Å². The average molecular weight is 468 g/mol. The maximum Gasteiger partial charge on any atom is 0.338 e. The lowest BCUT2D eigenvalue weighted by Gasteiger charge is -2.50. The zero-order valence-electron chi connectivity index (χ0n) is 19.5. The van der Waals surface area contributed by atoms with Gasteiger partial charge in [-0.3, -0.25) is 4.90 Å². The van der Waals surface area contributed by atoms with Crippen LogP contribution in [-0.4, -0.2) is 53.0 Å². The lowest BCUT2D eigenvalue weighted by molar-refractivity contribution is -0.138. The lowest BCUT2D eigenvalue weighted by atomic mass is 9.93. The first-order valence-corrected chi connectivity index (χ1v) is 11.8. The van der Waals surface area contributed by atoms with Gasteiger partial charge in [0.1, 0.15) is 5.75 Å². The third kappa shape index (κ3) is 3.98. The van der Waals surface area contributed by atoms with Crippen LogP contribution in [0, 0.1) is 0 Å². The van der Waals surface area contributed by atoms with Crippen molar-refractivity contribution in [3.8, 4) is 5.75 Å². The smallest absolute Gasteiger partial charge is 0.338 e. The van der Waals surface area contributed by atoms with E-state index in [-0.39, 0.29) is 6.04 Å². The summed E-state index contributed by atoms with van der Waals surface area (Å²) in [5.41, 5.74) is 2.71. The molecule has 2 aliphatic rings. The SMILES string of the molecule is COC(=O)C1=C(C)N=C2SC[C@@](O)(N(c3ccccc3)C(C)C)N2[C@H]1c1ccc(OC)cc1.